The monoisotopic (exact) mass is 1520 g/mol. The van der Waals surface area contributed by atoms with E-state index in [1.165, 1.54) is 238 Å². The summed E-state index contributed by atoms with van der Waals surface area (Å²) in [6.45, 7) is 7.19. The molecule has 0 saturated heterocycles. The third-order valence-electron chi connectivity index (χ3n) is 19.4. The molecule has 19 heteroatoms. The van der Waals surface area contributed by atoms with Gasteiger partial charge in [-0.3, -0.25) is 37.3 Å². The maximum absolute atomic E-state index is 13.1. The number of phosphoric ester groups is 2. The Kier molecular flexibility index (Phi) is 75.4. The molecule has 0 aliphatic rings. The molecule has 3 N–H and O–H groups in total. The van der Waals surface area contributed by atoms with E-state index in [9.17, 15) is 43.2 Å². The molecule has 0 aliphatic carbocycles. The molecule has 0 saturated carbocycles. The second kappa shape index (κ2) is 77.3. The summed E-state index contributed by atoms with van der Waals surface area (Å²) in [6, 6.07) is 0. The van der Waals surface area contributed by atoms with Gasteiger partial charge in [0.15, 0.2) is 12.2 Å². The van der Waals surface area contributed by atoms with Gasteiger partial charge in [0.05, 0.1) is 26.4 Å². The summed E-state index contributed by atoms with van der Waals surface area (Å²) < 4.78 is 68.7. The minimum Gasteiger partial charge on any atom is -0.462 e. The van der Waals surface area contributed by atoms with E-state index in [2.05, 4.69) is 58.9 Å². The second-order valence-electron chi connectivity index (χ2n) is 30.4. The van der Waals surface area contributed by atoms with Crippen LogP contribution in [0.3, 0.4) is 0 Å². The van der Waals surface area contributed by atoms with Gasteiger partial charge in [0.2, 0.25) is 0 Å². The molecule has 0 aromatic rings. The summed E-state index contributed by atoms with van der Waals surface area (Å²) in [4.78, 5) is 73.1. The SMILES string of the molecule is CCCCCC/C=C\C=C/CCCCCCCC(=O)O[C@H](COC(=O)CCCCCCCCC(C)C)COP(=O)(O)OC[C@H](O)COP(=O)(O)OC[C@@H](COC(=O)CCCCCCCCCCCCCCCCCCCC)OC(=O)CCCCCCCCCCCCCCCCCCCCCCCC. The fraction of sp³-hybridized carbons (Fsp3) is 0.906. The van der Waals surface area contributed by atoms with Gasteiger partial charge < -0.3 is 33.8 Å². The van der Waals surface area contributed by atoms with Crippen LogP contribution in [-0.4, -0.2) is 96.7 Å². The quantitative estimate of drug-likeness (QED) is 0.0169. The number of ether oxygens (including phenoxy) is 4. The Morgan fingerprint density at radius 2 is 0.519 bits per heavy atom. The van der Waals surface area contributed by atoms with Gasteiger partial charge in [-0.05, 0) is 57.3 Å². The van der Waals surface area contributed by atoms with Gasteiger partial charge in [-0.1, -0.05) is 380 Å². The Bertz CT molecular complexity index is 2070. The molecule has 0 bridgehead atoms. The van der Waals surface area contributed by atoms with Crippen LogP contribution in [0.5, 0.6) is 0 Å². The van der Waals surface area contributed by atoms with Gasteiger partial charge in [-0.25, -0.2) is 9.13 Å². The number of unbranched alkanes of at least 4 members (excludes halogenated alkanes) is 52. The molecule has 0 spiro atoms. The van der Waals surface area contributed by atoms with E-state index in [0.29, 0.717) is 31.6 Å². The maximum Gasteiger partial charge on any atom is 0.472 e. The molecule has 614 valence electrons. The van der Waals surface area contributed by atoms with Gasteiger partial charge in [0.25, 0.3) is 0 Å². The van der Waals surface area contributed by atoms with E-state index in [4.69, 9.17) is 37.0 Å². The highest BCUT2D eigenvalue weighted by atomic mass is 31.2. The van der Waals surface area contributed by atoms with E-state index < -0.39 is 97.5 Å². The summed E-state index contributed by atoms with van der Waals surface area (Å²) >= 11 is 0. The number of hydrogen-bond acceptors (Lipinski definition) is 15. The molecule has 0 fully saturated rings. The predicted molar refractivity (Wildman–Crippen MR) is 428 cm³/mol. The van der Waals surface area contributed by atoms with Crippen molar-refractivity contribution in [2.24, 2.45) is 5.92 Å². The van der Waals surface area contributed by atoms with Crippen LogP contribution in [0.15, 0.2) is 24.3 Å². The highest BCUT2D eigenvalue weighted by molar-refractivity contribution is 7.47. The zero-order chi connectivity index (χ0) is 76.2. The molecule has 0 aromatic carbocycles. The first-order valence-corrected chi connectivity index (χ1v) is 46.4. The number of carbonyl (C=O) groups is 4. The fourth-order valence-corrected chi connectivity index (χ4v) is 14.3. The van der Waals surface area contributed by atoms with Crippen molar-refractivity contribution in [1.82, 2.24) is 0 Å². The number of hydrogen-bond donors (Lipinski definition) is 3. The molecular weight excluding hydrogens is 1350 g/mol. The zero-order valence-electron chi connectivity index (χ0n) is 67.7. The number of phosphoric acid groups is 2. The van der Waals surface area contributed by atoms with Crippen molar-refractivity contribution >= 4 is 39.5 Å². The number of allylic oxidation sites excluding steroid dienone is 4. The fourth-order valence-electron chi connectivity index (χ4n) is 12.8. The third kappa shape index (κ3) is 77.7. The highest BCUT2D eigenvalue weighted by Gasteiger charge is 2.30. The van der Waals surface area contributed by atoms with Crippen molar-refractivity contribution in [1.29, 1.82) is 0 Å². The molecule has 0 aromatic heterocycles. The van der Waals surface area contributed by atoms with Crippen molar-refractivity contribution in [2.45, 2.75) is 451 Å². The van der Waals surface area contributed by atoms with Crippen LogP contribution in [0.4, 0.5) is 0 Å². The summed E-state index contributed by atoms with van der Waals surface area (Å²) in [5, 5.41) is 10.7. The lowest BCUT2D eigenvalue weighted by atomic mass is 10.0. The number of rotatable bonds is 83. The van der Waals surface area contributed by atoms with E-state index in [1.807, 2.05) is 0 Å². The average molecular weight is 1520 g/mol. The smallest absolute Gasteiger partial charge is 0.462 e. The van der Waals surface area contributed by atoms with Gasteiger partial charge >= 0.3 is 39.5 Å². The summed E-state index contributed by atoms with van der Waals surface area (Å²) in [6.07, 6.45) is 73.4. The van der Waals surface area contributed by atoms with E-state index >= 15 is 0 Å². The number of aliphatic hydroxyl groups is 1. The van der Waals surface area contributed by atoms with Crippen LogP contribution in [0.1, 0.15) is 433 Å². The lowest BCUT2D eigenvalue weighted by Gasteiger charge is -2.21. The highest BCUT2D eigenvalue weighted by Crippen LogP contribution is 2.45. The summed E-state index contributed by atoms with van der Waals surface area (Å²) in [5.74, 6) is -1.46. The zero-order valence-corrected chi connectivity index (χ0v) is 69.4. The minimum atomic E-state index is -4.97. The number of esters is 4. The van der Waals surface area contributed by atoms with E-state index in [-0.39, 0.29) is 25.7 Å². The first-order valence-electron chi connectivity index (χ1n) is 43.5. The average Bonchev–Trinajstić information content (AvgIpc) is 0.908. The Morgan fingerprint density at radius 1 is 0.298 bits per heavy atom. The van der Waals surface area contributed by atoms with Crippen LogP contribution < -0.4 is 0 Å². The molecule has 0 amide bonds. The molecule has 0 rings (SSSR count). The van der Waals surface area contributed by atoms with Crippen LogP contribution in [0.2, 0.25) is 0 Å². The molecule has 17 nitrogen and oxygen atoms in total. The van der Waals surface area contributed by atoms with Gasteiger partial charge in [0, 0.05) is 25.7 Å². The Morgan fingerprint density at radius 3 is 0.788 bits per heavy atom. The van der Waals surface area contributed by atoms with Crippen molar-refractivity contribution in [2.75, 3.05) is 39.6 Å². The van der Waals surface area contributed by atoms with Crippen molar-refractivity contribution in [3.8, 4) is 0 Å². The largest absolute Gasteiger partial charge is 0.472 e. The molecule has 0 radical (unpaired) electrons. The lowest BCUT2D eigenvalue weighted by molar-refractivity contribution is -0.161. The predicted octanol–water partition coefficient (Wildman–Crippen LogP) is 25.5. The van der Waals surface area contributed by atoms with Crippen LogP contribution >= 0.6 is 15.6 Å². The van der Waals surface area contributed by atoms with E-state index in [0.717, 1.165) is 109 Å². The molecule has 5 atom stereocenters. The Hall–Kier alpha value is -2.46. The first kappa shape index (κ1) is 102. The molecule has 0 heterocycles. The second-order valence-corrected chi connectivity index (χ2v) is 33.3. The standard InChI is InChI=1S/C85H162O17P2/c1-6-9-12-15-18-21-24-27-30-32-34-35-36-37-39-42-45-48-51-54-61-66-70-84(89)101-80(74-95-82(87)68-63-58-52-49-46-43-41-38-33-31-28-25-22-19-16-13-10-7-2)76-99-103(91,92)97-72-79(86)73-98-104(93,94)100-77-81(75-96-83(88)69-64-59-56-55-57-62-67-78(4)5)102-85(90)71-65-60-53-50-47-44-40-29-26-23-20-17-14-11-8-3/h23,26,29,40,78-81,86H,6-22,24-25,27-28,30-39,41-77H2,1-5H3,(H,91,92)(H,93,94)/b26-23-,40-29-/t79-,80-,81-/m1/s1. The first-order chi connectivity index (χ1) is 50.5. The van der Waals surface area contributed by atoms with Gasteiger partial charge in [-0.2, -0.15) is 0 Å². The summed E-state index contributed by atoms with van der Waals surface area (Å²) in [5.41, 5.74) is 0. The van der Waals surface area contributed by atoms with Crippen LogP contribution in [-0.2, 0) is 65.4 Å². The maximum atomic E-state index is 13.1. The van der Waals surface area contributed by atoms with Crippen molar-refractivity contribution < 1.29 is 80.2 Å². The number of aliphatic hydroxyl groups excluding tert-OH is 1. The third-order valence-corrected chi connectivity index (χ3v) is 21.3. The molecular formula is C85H162O17P2. The Balaban J connectivity index is 5.23. The van der Waals surface area contributed by atoms with Crippen molar-refractivity contribution in [3.05, 3.63) is 24.3 Å². The number of carbonyl (C=O) groups excluding carboxylic acids is 4. The normalized spacial score (nSPS) is 13.9. The topological polar surface area (TPSA) is 237 Å². The summed E-state index contributed by atoms with van der Waals surface area (Å²) in [7, 11) is -9.94. The van der Waals surface area contributed by atoms with Crippen molar-refractivity contribution in [3.63, 3.8) is 0 Å². The molecule has 2 unspecified atom stereocenters. The Labute approximate surface area is 637 Å². The van der Waals surface area contributed by atoms with Gasteiger partial charge in [-0.15, -0.1) is 0 Å². The van der Waals surface area contributed by atoms with E-state index in [1.54, 1.807) is 0 Å². The minimum absolute atomic E-state index is 0.0844. The molecule has 0 aliphatic heterocycles. The van der Waals surface area contributed by atoms with Crippen LogP contribution in [0.25, 0.3) is 0 Å². The van der Waals surface area contributed by atoms with Gasteiger partial charge in [0.1, 0.15) is 19.3 Å². The van der Waals surface area contributed by atoms with Crippen LogP contribution in [0, 0.1) is 5.92 Å². The molecule has 104 heavy (non-hydrogen) atoms. The lowest BCUT2D eigenvalue weighted by Crippen LogP contribution is -2.30.